The van der Waals surface area contributed by atoms with E-state index in [9.17, 15) is 27.5 Å². The van der Waals surface area contributed by atoms with Crippen molar-refractivity contribution in [3.05, 3.63) is 36.4 Å². The third-order valence-electron chi connectivity index (χ3n) is 6.04. The van der Waals surface area contributed by atoms with Crippen molar-refractivity contribution < 1.29 is 27.5 Å². The molecule has 0 radical (unpaired) electrons. The van der Waals surface area contributed by atoms with Crippen molar-refractivity contribution in [3.63, 3.8) is 0 Å². The fourth-order valence-electron chi connectivity index (χ4n) is 4.05. The average molecular weight is 487 g/mol. The van der Waals surface area contributed by atoms with Crippen molar-refractivity contribution in [1.82, 2.24) is 15.1 Å². The molecule has 2 aliphatic rings. The van der Waals surface area contributed by atoms with Crippen molar-refractivity contribution in [2.75, 3.05) is 31.2 Å². The average Bonchev–Trinajstić information content (AvgIpc) is 3.08. The standard InChI is InChI=1S/C22H32F2N4O4S/c1-14(25-21(30)22(2,3)24)27-10-7-15(8-11-27)28-12-9-19(20(28)29)26-18-6-5-16(13-17(18)23)33(4,31)32/h5-6,13,15,19,26,31-32H,1,7-12H2,2-4H3,(H,25,30)/t19-/m0/s1. The van der Waals surface area contributed by atoms with Crippen molar-refractivity contribution in [2.45, 2.75) is 55.8 Å². The fraction of sp³-hybridized carbons (Fsp3) is 0.545. The summed E-state index contributed by atoms with van der Waals surface area (Å²) >= 11 is 0. The minimum absolute atomic E-state index is 0.0157. The zero-order valence-corrected chi connectivity index (χ0v) is 19.9. The van der Waals surface area contributed by atoms with E-state index >= 15 is 0 Å². The first-order chi connectivity index (χ1) is 15.3. The molecule has 0 bridgehead atoms. The van der Waals surface area contributed by atoms with E-state index < -0.39 is 34.0 Å². The quantitative estimate of drug-likeness (QED) is 0.471. The minimum Gasteiger partial charge on any atom is -0.371 e. The molecule has 11 heteroatoms. The van der Waals surface area contributed by atoms with Crippen LogP contribution in [0.1, 0.15) is 33.1 Å². The Hall–Kier alpha value is -2.37. The third-order valence-corrected chi connectivity index (χ3v) is 7.19. The molecule has 0 aliphatic carbocycles. The van der Waals surface area contributed by atoms with Gasteiger partial charge in [0.1, 0.15) is 17.7 Å². The van der Waals surface area contributed by atoms with E-state index in [4.69, 9.17) is 0 Å². The van der Waals surface area contributed by atoms with E-state index in [2.05, 4.69) is 17.2 Å². The molecule has 4 N–H and O–H groups in total. The molecule has 8 nitrogen and oxygen atoms in total. The number of carbonyl (C=O) groups is 2. The van der Waals surface area contributed by atoms with Crippen LogP contribution in [0.15, 0.2) is 35.5 Å². The fourth-order valence-corrected chi connectivity index (χ4v) is 4.70. The molecular formula is C22H32F2N4O4S. The van der Waals surface area contributed by atoms with Crippen molar-refractivity contribution in [3.8, 4) is 0 Å². The summed E-state index contributed by atoms with van der Waals surface area (Å²) in [6, 6.07) is 3.37. The first-order valence-electron chi connectivity index (χ1n) is 10.8. The van der Waals surface area contributed by atoms with Gasteiger partial charge in [-0.3, -0.25) is 18.7 Å². The lowest BCUT2D eigenvalue weighted by Gasteiger charge is -2.38. The van der Waals surface area contributed by atoms with Crippen LogP contribution in [0.25, 0.3) is 0 Å². The van der Waals surface area contributed by atoms with Crippen LogP contribution in [0.3, 0.4) is 0 Å². The third kappa shape index (κ3) is 5.96. The molecule has 3 rings (SSSR count). The number of hydrogen-bond donors (Lipinski definition) is 4. The van der Waals surface area contributed by atoms with Gasteiger partial charge in [0.2, 0.25) is 5.91 Å². The topological polar surface area (TPSA) is 105 Å². The largest absolute Gasteiger partial charge is 0.371 e. The summed E-state index contributed by atoms with van der Waals surface area (Å²) in [7, 11) is -3.02. The molecule has 184 valence electrons. The summed E-state index contributed by atoms with van der Waals surface area (Å²) in [5, 5.41) is 5.44. The molecular weight excluding hydrogens is 454 g/mol. The number of nitrogens with one attached hydrogen (secondary N) is 2. The first kappa shape index (κ1) is 25.3. The van der Waals surface area contributed by atoms with E-state index in [1.165, 1.54) is 32.2 Å². The van der Waals surface area contributed by atoms with Gasteiger partial charge >= 0.3 is 0 Å². The van der Waals surface area contributed by atoms with Crippen LogP contribution in [0, 0.1) is 5.82 Å². The molecule has 33 heavy (non-hydrogen) atoms. The van der Waals surface area contributed by atoms with Crippen LogP contribution in [0.4, 0.5) is 14.5 Å². The van der Waals surface area contributed by atoms with Gasteiger partial charge < -0.3 is 20.4 Å². The van der Waals surface area contributed by atoms with Crippen molar-refractivity contribution >= 4 is 28.1 Å². The number of amides is 2. The Morgan fingerprint density at radius 2 is 1.85 bits per heavy atom. The molecule has 2 heterocycles. The number of hydrogen-bond acceptors (Lipinski definition) is 6. The molecule has 2 saturated heterocycles. The van der Waals surface area contributed by atoms with Gasteiger partial charge in [-0.2, -0.15) is 10.6 Å². The summed E-state index contributed by atoms with van der Waals surface area (Å²) in [6.07, 6.45) is 3.09. The smallest absolute Gasteiger partial charge is 0.262 e. The normalized spacial score (nSPS) is 20.7. The molecule has 2 fully saturated rings. The number of nitrogens with zero attached hydrogens (tertiary/aromatic N) is 2. The van der Waals surface area contributed by atoms with Crippen LogP contribution >= 0.6 is 10.6 Å². The highest BCUT2D eigenvalue weighted by atomic mass is 32.3. The minimum atomic E-state index is -3.02. The van der Waals surface area contributed by atoms with Gasteiger partial charge in [-0.15, -0.1) is 0 Å². The Morgan fingerprint density at radius 1 is 1.21 bits per heavy atom. The maximum atomic E-state index is 14.4. The molecule has 0 aromatic heterocycles. The number of piperidine rings is 1. The molecule has 1 aromatic rings. The number of benzene rings is 1. The molecule has 1 atom stereocenters. The highest BCUT2D eigenvalue weighted by Crippen LogP contribution is 2.44. The van der Waals surface area contributed by atoms with Crippen LogP contribution in [0.2, 0.25) is 0 Å². The summed E-state index contributed by atoms with van der Waals surface area (Å²) in [6.45, 7) is 7.88. The van der Waals surface area contributed by atoms with E-state index in [-0.39, 0.29) is 22.5 Å². The molecule has 0 spiro atoms. The van der Waals surface area contributed by atoms with Crippen molar-refractivity contribution in [2.24, 2.45) is 0 Å². The highest BCUT2D eigenvalue weighted by molar-refractivity contribution is 8.23. The second-order valence-electron chi connectivity index (χ2n) is 9.08. The molecule has 0 saturated carbocycles. The maximum absolute atomic E-state index is 14.4. The van der Waals surface area contributed by atoms with E-state index in [0.29, 0.717) is 44.7 Å². The number of alkyl halides is 1. The van der Waals surface area contributed by atoms with Gasteiger partial charge in [0, 0.05) is 31.9 Å². The van der Waals surface area contributed by atoms with Gasteiger partial charge in [0.05, 0.1) is 10.6 Å². The predicted molar refractivity (Wildman–Crippen MR) is 124 cm³/mol. The van der Waals surface area contributed by atoms with Crippen molar-refractivity contribution in [1.29, 1.82) is 0 Å². The molecule has 1 aromatic carbocycles. The Balaban J connectivity index is 1.54. The second-order valence-corrected chi connectivity index (χ2v) is 11.2. The Labute approximate surface area is 194 Å². The maximum Gasteiger partial charge on any atom is 0.262 e. The van der Waals surface area contributed by atoms with Gasteiger partial charge in [-0.25, -0.2) is 8.78 Å². The van der Waals surface area contributed by atoms with Crippen LogP contribution in [-0.4, -0.2) is 74.4 Å². The number of halogens is 2. The molecule has 2 amide bonds. The molecule has 2 aliphatic heterocycles. The zero-order valence-electron chi connectivity index (χ0n) is 19.1. The summed E-state index contributed by atoms with van der Waals surface area (Å²) in [4.78, 5) is 28.6. The van der Waals surface area contributed by atoms with Gasteiger partial charge in [-0.05, 0) is 51.3 Å². The molecule has 0 unspecified atom stereocenters. The Kier molecular flexibility index (Phi) is 7.25. The van der Waals surface area contributed by atoms with E-state index in [1.54, 1.807) is 4.90 Å². The highest BCUT2D eigenvalue weighted by Gasteiger charge is 2.38. The van der Waals surface area contributed by atoms with Crippen LogP contribution in [-0.2, 0) is 9.59 Å². The lowest BCUT2D eigenvalue weighted by molar-refractivity contribution is -0.131. The number of rotatable bonds is 7. The van der Waals surface area contributed by atoms with Gasteiger partial charge in [0.15, 0.2) is 5.67 Å². The zero-order chi connectivity index (χ0) is 24.6. The Morgan fingerprint density at radius 3 is 2.39 bits per heavy atom. The lowest BCUT2D eigenvalue weighted by Crippen LogP contribution is -2.49. The first-order valence-corrected chi connectivity index (χ1v) is 12.8. The van der Waals surface area contributed by atoms with Gasteiger partial charge in [0.25, 0.3) is 5.91 Å². The number of anilines is 1. The van der Waals surface area contributed by atoms with Crippen LogP contribution < -0.4 is 10.6 Å². The van der Waals surface area contributed by atoms with E-state index in [1.807, 2.05) is 4.90 Å². The van der Waals surface area contributed by atoms with E-state index in [0.717, 1.165) is 6.07 Å². The monoisotopic (exact) mass is 486 g/mol. The predicted octanol–water partition coefficient (Wildman–Crippen LogP) is 3.38. The van der Waals surface area contributed by atoms with Crippen LogP contribution in [0.5, 0.6) is 0 Å². The SMILES string of the molecule is C=C(NC(=O)C(C)(C)F)N1CCC(N2CC[C@H](Nc3ccc(S(C)(O)O)cc3F)C2=O)CC1. The summed E-state index contributed by atoms with van der Waals surface area (Å²) < 4.78 is 47.5. The number of likely N-dealkylation sites (tertiary alicyclic amines) is 2. The summed E-state index contributed by atoms with van der Waals surface area (Å²) in [5.41, 5.74) is -1.86. The second kappa shape index (κ2) is 9.47. The Bertz CT molecular complexity index is 924. The lowest BCUT2D eigenvalue weighted by atomic mass is 10.0. The number of carbonyl (C=O) groups excluding carboxylic acids is 2. The van der Waals surface area contributed by atoms with Gasteiger partial charge in [-0.1, -0.05) is 6.58 Å². The summed E-state index contributed by atoms with van der Waals surface area (Å²) in [5.74, 6) is -1.16.